The molecule has 0 bridgehead atoms. The molecule has 0 unspecified atom stereocenters. The Hall–Kier alpha value is -0.410. The maximum absolute atomic E-state index is 13.2. The van der Waals surface area contributed by atoms with Crippen LogP contribution in [0.1, 0.15) is 31.7 Å². The number of halogens is 2. The van der Waals surface area contributed by atoms with Crippen molar-refractivity contribution in [3.8, 4) is 0 Å². The highest BCUT2D eigenvalue weighted by atomic mass is 79.9. The Bertz CT molecular complexity index is 361. The van der Waals surface area contributed by atoms with E-state index >= 15 is 0 Å². The first-order valence-corrected chi connectivity index (χ1v) is 6.08. The number of benzene rings is 1. The molecule has 82 valence electrons. The Morgan fingerprint density at radius 3 is 2.80 bits per heavy atom. The maximum Gasteiger partial charge on any atom is 0.137 e. The fourth-order valence-corrected chi connectivity index (χ4v) is 2.28. The zero-order chi connectivity index (χ0) is 10.9. The minimum atomic E-state index is -0.187. The first-order chi connectivity index (χ1) is 7.11. The van der Waals surface area contributed by atoms with E-state index in [1.165, 1.54) is 25.3 Å². The molecule has 3 heteroatoms. The maximum atomic E-state index is 13.2. The van der Waals surface area contributed by atoms with Gasteiger partial charge in [-0.1, -0.05) is 12.1 Å². The van der Waals surface area contributed by atoms with Gasteiger partial charge in [-0.25, -0.2) is 4.39 Å². The Morgan fingerprint density at radius 1 is 1.47 bits per heavy atom. The summed E-state index contributed by atoms with van der Waals surface area (Å²) in [5.41, 5.74) is 1.26. The van der Waals surface area contributed by atoms with Crippen LogP contribution in [0.25, 0.3) is 0 Å². The molecule has 1 aromatic rings. The quantitative estimate of drug-likeness (QED) is 0.886. The topological polar surface area (TPSA) is 12.0 Å². The largest absolute Gasteiger partial charge is 0.307 e. The van der Waals surface area contributed by atoms with Crippen molar-refractivity contribution in [2.24, 2.45) is 0 Å². The Kier molecular flexibility index (Phi) is 3.12. The van der Waals surface area contributed by atoms with Gasteiger partial charge in [-0.05, 0) is 53.7 Å². The van der Waals surface area contributed by atoms with Gasteiger partial charge in [0, 0.05) is 12.1 Å². The Morgan fingerprint density at radius 2 is 2.20 bits per heavy atom. The lowest BCUT2D eigenvalue weighted by molar-refractivity contribution is 0.206. The molecular formula is C12H15BrFN. The van der Waals surface area contributed by atoms with Crippen LogP contribution in [0.5, 0.6) is 0 Å². The van der Waals surface area contributed by atoms with E-state index in [9.17, 15) is 4.39 Å². The summed E-state index contributed by atoms with van der Waals surface area (Å²) in [6.45, 7) is 2.96. The molecule has 0 atom stereocenters. The van der Waals surface area contributed by atoms with Crippen LogP contribution in [0.4, 0.5) is 4.39 Å². The van der Waals surface area contributed by atoms with E-state index in [4.69, 9.17) is 0 Å². The highest BCUT2D eigenvalue weighted by molar-refractivity contribution is 9.10. The minimum Gasteiger partial charge on any atom is -0.307 e. The van der Waals surface area contributed by atoms with Crippen LogP contribution in [0, 0.1) is 5.82 Å². The van der Waals surface area contributed by atoms with Crippen molar-refractivity contribution in [1.29, 1.82) is 0 Å². The van der Waals surface area contributed by atoms with E-state index in [-0.39, 0.29) is 11.4 Å². The van der Waals surface area contributed by atoms with Gasteiger partial charge in [0.05, 0.1) is 4.47 Å². The van der Waals surface area contributed by atoms with Crippen molar-refractivity contribution in [2.75, 3.05) is 0 Å². The first-order valence-electron chi connectivity index (χ1n) is 5.29. The average molecular weight is 272 g/mol. The molecule has 15 heavy (non-hydrogen) atoms. The number of hydrogen-bond acceptors (Lipinski definition) is 1. The molecule has 2 rings (SSSR count). The molecule has 1 N–H and O–H groups in total. The van der Waals surface area contributed by atoms with Gasteiger partial charge in [0.15, 0.2) is 0 Å². The molecule has 1 aliphatic rings. The zero-order valence-electron chi connectivity index (χ0n) is 8.82. The van der Waals surface area contributed by atoms with Crippen molar-refractivity contribution >= 4 is 15.9 Å². The summed E-state index contributed by atoms with van der Waals surface area (Å²) in [6.07, 6.45) is 3.74. The molecule has 0 spiro atoms. The third kappa shape index (κ3) is 2.40. The summed E-state index contributed by atoms with van der Waals surface area (Å²) in [6, 6.07) is 5.17. The van der Waals surface area contributed by atoms with E-state index in [0.717, 1.165) is 12.1 Å². The van der Waals surface area contributed by atoms with E-state index in [0.29, 0.717) is 4.47 Å². The van der Waals surface area contributed by atoms with Crippen molar-refractivity contribution in [3.63, 3.8) is 0 Å². The lowest BCUT2D eigenvalue weighted by Gasteiger charge is -2.39. The monoisotopic (exact) mass is 271 g/mol. The lowest BCUT2D eigenvalue weighted by Crippen LogP contribution is -2.47. The number of nitrogens with one attached hydrogen (secondary N) is 1. The molecule has 1 nitrogen and oxygen atoms in total. The summed E-state index contributed by atoms with van der Waals surface area (Å²) in [5, 5.41) is 3.48. The third-order valence-corrected chi connectivity index (χ3v) is 4.08. The second kappa shape index (κ2) is 4.22. The number of hydrogen-bond donors (Lipinski definition) is 1. The van der Waals surface area contributed by atoms with Gasteiger partial charge >= 0.3 is 0 Å². The van der Waals surface area contributed by atoms with Crippen LogP contribution in [-0.2, 0) is 6.54 Å². The lowest BCUT2D eigenvalue weighted by atomic mass is 9.78. The van der Waals surface area contributed by atoms with Crippen LogP contribution < -0.4 is 5.32 Å². The van der Waals surface area contributed by atoms with Crippen molar-refractivity contribution in [2.45, 2.75) is 38.3 Å². The van der Waals surface area contributed by atoms with Crippen LogP contribution in [0.3, 0.4) is 0 Å². The van der Waals surface area contributed by atoms with E-state index in [1.807, 2.05) is 6.07 Å². The van der Waals surface area contributed by atoms with E-state index in [2.05, 4.69) is 28.2 Å². The molecule has 1 fully saturated rings. The Labute approximate surface area is 98.2 Å². The van der Waals surface area contributed by atoms with Crippen molar-refractivity contribution < 1.29 is 4.39 Å². The average Bonchev–Trinajstić information content (AvgIpc) is 2.17. The SMILES string of the molecule is CC1(NCc2cccc(F)c2Br)CCC1. The highest BCUT2D eigenvalue weighted by Crippen LogP contribution is 2.31. The standard InChI is InChI=1S/C12H15BrFN/c1-12(6-3-7-12)15-8-9-4-2-5-10(14)11(9)13/h2,4-5,15H,3,6-8H2,1H3. The summed E-state index contributed by atoms with van der Waals surface area (Å²) in [7, 11) is 0. The molecular weight excluding hydrogens is 257 g/mol. The van der Waals surface area contributed by atoms with Crippen LogP contribution >= 0.6 is 15.9 Å². The van der Waals surface area contributed by atoms with Crippen LogP contribution in [0.2, 0.25) is 0 Å². The molecule has 1 aromatic carbocycles. The molecule has 0 saturated heterocycles. The summed E-state index contributed by atoms with van der Waals surface area (Å²) in [4.78, 5) is 0. The summed E-state index contributed by atoms with van der Waals surface area (Å²) in [5.74, 6) is -0.187. The third-order valence-electron chi connectivity index (χ3n) is 3.19. The zero-order valence-corrected chi connectivity index (χ0v) is 10.4. The van der Waals surface area contributed by atoms with Crippen LogP contribution in [0.15, 0.2) is 22.7 Å². The van der Waals surface area contributed by atoms with Gasteiger partial charge in [0.2, 0.25) is 0 Å². The second-order valence-corrected chi connectivity index (χ2v) is 5.27. The van der Waals surface area contributed by atoms with Gasteiger partial charge < -0.3 is 5.32 Å². The summed E-state index contributed by atoms with van der Waals surface area (Å²) < 4.78 is 13.8. The van der Waals surface area contributed by atoms with Crippen LogP contribution in [-0.4, -0.2) is 5.54 Å². The van der Waals surface area contributed by atoms with Gasteiger partial charge in [-0.15, -0.1) is 0 Å². The van der Waals surface area contributed by atoms with E-state index < -0.39 is 0 Å². The van der Waals surface area contributed by atoms with Gasteiger partial charge in [0.25, 0.3) is 0 Å². The molecule has 1 saturated carbocycles. The predicted octanol–water partition coefficient (Wildman–Crippen LogP) is 3.62. The second-order valence-electron chi connectivity index (χ2n) is 4.48. The predicted molar refractivity (Wildman–Crippen MR) is 63.2 cm³/mol. The smallest absolute Gasteiger partial charge is 0.137 e. The van der Waals surface area contributed by atoms with Crippen molar-refractivity contribution in [1.82, 2.24) is 5.32 Å². The minimum absolute atomic E-state index is 0.187. The van der Waals surface area contributed by atoms with Gasteiger partial charge in [-0.2, -0.15) is 0 Å². The fourth-order valence-electron chi connectivity index (χ4n) is 1.88. The molecule has 0 heterocycles. The molecule has 0 radical (unpaired) electrons. The summed E-state index contributed by atoms with van der Waals surface area (Å²) >= 11 is 3.27. The molecule has 1 aliphatic carbocycles. The molecule has 0 amide bonds. The van der Waals surface area contributed by atoms with Crippen molar-refractivity contribution in [3.05, 3.63) is 34.1 Å². The first kappa shape index (κ1) is 11.1. The van der Waals surface area contributed by atoms with Gasteiger partial charge in [0.1, 0.15) is 5.82 Å². The normalized spacial score (nSPS) is 18.6. The Balaban J connectivity index is 2.01. The highest BCUT2D eigenvalue weighted by Gasteiger charge is 2.30. The van der Waals surface area contributed by atoms with Gasteiger partial charge in [-0.3, -0.25) is 0 Å². The number of rotatable bonds is 3. The molecule has 0 aliphatic heterocycles. The fraction of sp³-hybridized carbons (Fsp3) is 0.500. The molecule has 0 aromatic heterocycles. The van der Waals surface area contributed by atoms with E-state index in [1.54, 1.807) is 6.07 Å².